The smallest absolute Gasteiger partial charge is 0.351 e. The lowest BCUT2D eigenvalue weighted by Crippen LogP contribution is -2.40. The first-order valence-electron chi connectivity index (χ1n) is 9.64. The summed E-state index contributed by atoms with van der Waals surface area (Å²) in [4.78, 5) is 29.8. The number of carbonyl (C=O) groups excluding carboxylic acids is 2. The summed E-state index contributed by atoms with van der Waals surface area (Å²) in [5.41, 5.74) is 1.37. The van der Waals surface area contributed by atoms with E-state index in [1.807, 2.05) is 12.1 Å². The summed E-state index contributed by atoms with van der Waals surface area (Å²) in [6, 6.07) is 5.64. The van der Waals surface area contributed by atoms with Crippen molar-refractivity contribution in [2.45, 2.75) is 51.7 Å². The predicted octanol–water partition coefficient (Wildman–Crippen LogP) is 3.74. The third-order valence-corrected chi connectivity index (χ3v) is 6.15. The molecule has 1 aromatic carbocycles. The van der Waals surface area contributed by atoms with Crippen LogP contribution in [0.4, 0.5) is 0 Å². The molecule has 156 valence electrons. The van der Waals surface area contributed by atoms with E-state index in [2.05, 4.69) is 10.3 Å². The molecule has 1 N–H and O–H groups in total. The van der Waals surface area contributed by atoms with Crippen LogP contribution in [0.1, 0.15) is 48.0 Å². The van der Waals surface area contributed by atoms with Crippen LogP contribution in [0.2, 0.25) is 0 Å². The largest absolute Gasteiger partial charge is 0.493 e. The zero-order valence-electron chi connectivity index (χ0n) is 17.1. The van der Waals surface area contributed by atoms with Crippen molar-refractivity contribution in [2.75, 3.05) is 14.2 Å². The molecule has 3 rings (SSSR count). The van der Waals surface area contributed by atoms with Crippen LogP contribution in [0.25, 0.3) is 10.6 Å². The molecule has 0 radical (unpaired) electrons. The number of methoxy groups -OCH3 is 2. The quantitative estimate of drug-likeness (QED) is 0.690. The average molecular weight is 419 g/mol. The lowest BCUT2D eigenvalue weighted by atomic mass is 10.2. The summed E-state index contributed by atoms with van der Waals surface area (Å²) in [6.45, 7) is 3.34. The second kappa shape index (κ2) is 9.26. The number of nitrogens with zero attached hydrogens (tertiary/aromatic N) is 1. The van der Waals surface area contributed by atoms with Gasteiger partial charge in [0, 0.05) is 11.6 Å². The topological polar surface area (TPSA) is 86.8 Å². The molecule has 0 saturated heterocycles. The highest BCUT2D eigenvalue weighted by molar-refractivity contribution is 7.17. The van der Waals surface area contributed by atoms with E-state index in [4.69, 9.17) is 14.2 Å². The number of amides is 1. The molecule has 0 spiro atoms. The van der Waals surface area contributed by atoms with Crippen molar-refractivity contribution < 1.29 is 23.8 Å². The van der Waals surface area contributed by atoms with Crippen molar-refractivity contribution in [3.63, 3.8) is 0 Å². The minimum Gasteiger partial charge on any atom is -0.493 e. The predicted molar refractivity (Wildman–Crippen MR) is 111 cm³/mol. The zero-order chi connectivity index (χ0) is 21.0. The molecule has 1 aromatic heterocycles. The van der Waals surface area contributed by atoms with Crippen LogP contribution in [0.3, 0.4) is 0 Å². The highest BCUT2D eigenvalue weighted by Gasteiger charge is 2.25. The van der Waals surface area contributed by atoms with Crippen molar-refractivity contribution in [1.82, 2.24) is 10.3 Å². The number of hydrogen-bond donors (Lipinski definition) is 1. The molecule has 7 nitrogen and oxygen atoms in total. The number of nitrogens with one attached hydrogen (secondary N) is 1. The van der Waals surface area contributed by atoms with E-state index >= 15 is 0 Å². The van der Waals surface area contributed by atoms with Gasteiger partial charge < -0.3 is 19.5 Å². The summed E-state index contributed by atoms with van der Waals surface area (Å²) >= 11 is 1.23. The first-order valence-corrected chi connectivity index (χ1v) is 10.5. The van der Waals surface area contributed by atoms with Crippen LogP contribution in [0.15, 0.2) is 18.2 Å². The molecule has 1 aliphatic carbocycles. The van der Waals surface area contributed by atoms with Crippen molar-refractivity contribution in [3.8, 4) is 22.1 Å². The van der Waals surface area contributed by atoms with Gasteiger partial charge in [-0.05, 0) is 44.9 Å². The van der Waals surface area contributed by atoms with Gasteiger partial charge in [-0.15, -0.1) is 11.3 Å². The van der Waals surface area contributed by atoms with E-state index in [0.717, 1.165) is 31.2 Å². The lowest BCUT2D eigenvalue weighted by Gasteiger charge is -2.16. The summed E-state index contributed by atoms with van der Waals surface area (Å²) in [5.74, 6) is 0.402. The first kappa shape index (κ1) is 21.1. The van der Waals surface area contributed by atoms with Crippen molar-refractivity contribution in [2.24, 2.45) is 0 Å². The van der Waals surface area contributed by atoms with Gasteiger partial charge in [-0.3, -0.25) is 4.79 Å². The normalized spacial score (nSPS) is 15.0. The summed E-state index contributed by atoms with van der Waals surface area (Å²) in [5, 5.41) is 3.62. The Bertz CT molecular complexity index is 889. The molecule has 0 unspecified atom stereocenters. The number of ether oxygens (including phenoxy) is 3. The lowest BCUT2D eigenvalue weighted by molar-refractivity contribution is -0.129. The van der Waals surface area contributed by atoms with Gasteiger partial charge in [0.15, 0.2) is 17.6 Å². The number of aromatic nitrogens is 1. The average Bonchev–Trinajstić information content (AvgIpc) is 3.36. The van der Waals surface area contributed by atoms with Crippen LogP contribution in [0, 0.1) is 6.92 Å². The van der Waals surface area contributed by atoms with Gasteiger partial charge in [-0.2, -0.15) is 0 Å². The number of benzene rings is 1. The van der Waals surface area contributed by atoms with E-state index in [-0.39, 0.29) is 11.9 Å². The van der Waals surface area contributed by atoms with Gasteiger partial charge in [0.2, 0.25) is 0 Å². The summed E-state index contributed by atoms with van der Waals surface area (Å²) in [6.07, 6.45) is 3.36. The monoisotopic (exact) mass is 418 g/mol. The number of rotatable bonds is 7. The molecular formula is C21H26N2O5S. The second-order valence-electron chi connectivity index (χ2n) is 7.04. The van der Waals surface area contributed by atoms with Crippen LogP contribution in [-0.4, -0.2) is 43.2 Å². The van der Waals surface area contributed by atoms with Gasteiger partial charge in [0.25, 0.3) is 5.91 Å². The Morgan fingerprint density at radius 2 is 1.86 bits per heavy atom. The van der Waals surface area contributed by atoms with Gasteiger partial charge in [0.1, 0.15) is 9.88 Å². The highest BCUT2D eigenvalue weighted by atomic mass is 32.1. The highest BCUT2D eigenvalue weighted by Crippen LogP contribution is 2.35. The minimum absolute atomic E-state index is 0.186. The maximum atomic E-state index is 12.6. The fourth-order valence-corrected chi connectivity index (χ4v) is 4.28. The van der Waals surface area contributed by atoms with Crippen molar-refractivity contribution in [3.05, 3.63) is 28.8 Å². The molecule has 1 amide bonds. The third-order valence-electron chi connectivity index (χ3n) is 4.97. The van der Waals surface area contributed by atoms with E-state index in [9.17, 15) is 9.59 Å². The maximum Gasteiger partial charge on any atom is 0.351 e. The van der Waals surface area contributed by atoms with Crippen LogP contribution in [0.5, 0.6) is 11.5 Å². The molecule has 1 atom stereocenters. The fraction of sp³-hybridized carbons (Fsp3) is 0.476. The molecular weight excluding hydrogens is 392 g/mol. The number of aryl methyl sites for hydroxylation is 1. The van der Waals surface area contributed by atoms with Crippen LogP contribution in [-0.2, 0) is 9.53 Å². The SMILES string of the molecule is COc1ccc(-c2nc(C)c(C(=O)O[C@@H](C)C(=O)NC3CCCC3)s2)cc1OC. The van der Waals surface area contributed by atoms with E-state index < -0.39 is 12.1 Å². The van der Waals surface area contributed by atoms with Gasteiger partial charge >= 0.3 is 5.97 Å². The number of hydrogen-bond acceptors (Lipinski definition) is 7. The Hall–Kier alpha value is -2.61. The fourth-order valence-electron chi connectivity index (χ4n) is 3.33. The number of carbonyl (C=O) groups is 2. The molecule has 1 heterocycles. The second-order valence-corrected chi connectivity index (χ2v) is 8.04. The number of esters is 1. The molecule has 1 fully saturated rings. The minimum atomic E-state index is -0.853. The third kappa shape index (κ3) is 4.87. The molecule has 0 bridgehead atoms. The van der Waals surface area contributed by atoms with Crippen molar-refractivity contribution in [1.29, 1.82) is 0 Å². The van der Waals surface area contributed by atoms with E-state index in [0.29, 0.717) is 27.1 Å². The Kier molecular flexibility index (Phi) is 6.74. The summed E-state index contributed by atoms with van der Waals surface area (Å²) < 4.78 is 16.0. The van der Waals surface area contributed by atoms with E-state index in [1.54, 1.807) is 34.1 Å². The molecule has 1 aliphatic rings. The Morgan fingerprint density at radius 1 is 1.17 bits per heavy atom. The standard InChI is InChI=1S/C21H26N2O5S/c1-12-18(21(25)28-13(2)19(24)23-15-7-5-6-8-15)29-20(22-12)14-9-10-16(26-3)17(11-14)27-4/h9-11,13,15H,5-8H2,1-4H3,(H,23,24)/t13-/m0/s1. The van der Waals surface area contributed by atoms with Crippen LogP contribution >= 0.6 is 11.3 Å². The van der Waals surface area contributed by atoms with E-state index in [1.165, 1.54) is 11.3 Å². The molecule has 0 aliphatic heterocycles. The maximum absolute atomic E-state index is 12.6. The Morgan fingerprint density at radius 3 is 2.52 bits per heavy atom. The molecule has 8 heteroatoms. The molecule has 1 saturated carbocycles. The Labute approximate surface area is 174 Å². The van der Waals surface area contributed by atoms with Crippen molar-refractivity contribution >= 4 is 23.2 Å². The molecule has 29 heavy (non-hydrogen) atoms. The zero-order valence-corrected chi connectivity index (χ0v) is 17.9. The molecule has 2 aromatic rings. The Balaban J connectivity index is 1.70. The van der Waals surface area contributed by atoms with Gasteiger partial charge in [0.05, 0.1) is 19.9 Å². The summed E-state index contributed by atoms with van der Waals surface area (Å²) in [7, 11) is 3.14. The number of thiazole rings is 1. The van der Waals surface area contributed by atoms with Crippen LogP contribution < -0.4 is 14.8 Å². The van der Waals surface area contributed by atoms with Gasteiger partial charge in [-0.1, -0.05) is 12.8 Å². The first-order chi connectivity index (χ1) is 13.9. The van der Waals surface area contributed by atoms with Gasteiger partial charge in [-0.25, -0.2) is 9.78 Å².